The minimum absolute atomic E-state index is 0.0802. The third-order valence-electron chi connectivity index (χ3n) is 5.77. The first-order valence-corrected chi connectivity index (χ1v) is 11.0. The van der Waals surface area contributed by atoms with E-state index < -0.39 is 0 Å². The summed E-state index contributed by atoms with van der Waals surface area (Å²) in [6.07, 6.45) is 2.28. The van der Waals surface area contributed by atoms with E-state index in [0.29, 0.717) is 17.9 Å². The number of amides is 2. The van der Waals surface area contributed by atoms with Crippen molar-refractivity contribution in [3.05, 3.63) is 65.0 Å². The molecule has 160 valence electrons. The number of aryl methyl sites for hydroxylation is 1. The molecule has 1 unspecified atom stereocenters. The maximum Gasteiger partial charge on any atom is 0.253 e. The van der Waals surface area contributed by atoms with Gasteiger partial charge in [-0.15, -0.1) is 0 Å². The standard InChI is InChI=1S/C25H33N3O2/c1-17(2)16-23(29)28-14-12-21(13-15-28)24-22(11-10-18(3)26-24)25(30)27-19(4)20-8-6-5-7-9-20/h5-11,17,19,21H,12-16H2,1-4H3,(H,27,30). The summed E-state index contributed by atoms with van der Waals surface area (Å²) in [5.74, 6) is 0.707. The van der Waals surface area contributed by atoms with Gasteiger partial charge in [-0.1, -0.05) is 44.2 Å². The van der Waals surface area contributed by atoms with Gasteiger partial charge in [-0.25, -0.2) is 0 Å². The highest BCUT2D eigenvalue weighted by Gasteiger charge is 2.28. The zero-order valence-corrected chi connectivity index (χ0v) is 18.5. The molecule has 3 rings (SSSR count). The number of hydrogen-bond donors (Lipinski definition) is 1. The van der Waals surface area contributed by atoms with Gasteiger partial charge in [-0.05, 0) is 50.3 Å². The fourth-order valence-corrected chi connectivity index (χ4v) is 4.06. The van der Waals surface area contributed by atoms with Gasteiger partial charge in [0.15, 0.2) is 0 Å². The lowest BCUT2D eigenvalue weighted by molar-refractivity contribution is -0.133. The van der Waals surface area contributed by atoms with E-state index in [-0.39, 0.29) is 23.8 Å². The maximum atomic E-state index is 13.1. The molecule has 5 heteroatoms. The highest BCUT2D eigenvalue weighted by Crippen LogP contribution is 2.30. The number of piperidine rings is 1. The first kappa shape index (κ1) is 22.0. The van der Waals surface area contributed by atoms with E-state index >= 15 is 0 Å². The van der Waals surface area contributed by atoms with E-state index in [9.17, 15) is 9.59 Å². The number of rotatable bonds is 6. The topological polar surface area (TPSA) is 62.3 Å². The molecule has 1 N–H and O–H groups in total. The predicted octanol–water partition coefficient (Wildman–Crippen LogP) is 4.63. The first-order valence-electron chi connectivity index (χ1n) is 11.0. The van der Waals surface area contributed by atoms with Crippen LogP contribution in [0.3, 0.4) is 0 Å². The second-order valence-electron chi connectivity index (χ2n) is 8.74. The Morgan fingerprint density at radius 3 is 2.37 bits per heavy atom. The average Bonchev–Trinajstić information content (AvgIpc) is 2.73. The molecule has 1 aromatic carbocycles. The zero-order valence-electron chi connectivity index (χ0n) is 18.5. The Balaban J connectivity index is 1.71. The lowest BCUT2D eigenvalue weighted by Gasteiger charge is -2.33. The monoisotopic (exact) mass is 407 g/mol. The Kier molecular flexibility index (Phi) is 7.24. The largest absolute Gasteiger partial charge is 0.345 e. The highest BCUT2D eigenvalue weighted by molar-refractivity contribution is 5.95. The molecular weight excluding hydrogens is 374 g/mol. The van der Waals surface area contributed by atoms with Crippen LogP contribution in [-0.4, -0.2) is 34.8 Å². The Labute approximate surface area is 179 Å². The predicted molar refractivity (Wildman–Crippen MR) is 119 cm³/mol. The number of pyridine rings is 1. The van der Waals surface area contributed by atoms with Crippen LogP contribution in [0, 0.1) is 12.8 Å². The normalized spacial score (nSPS) is 15.8. The third-order valence-corrected chi connectivity index (χ3v) is 5.77. The van der Waals surface area contributed by atoms with Crippen molar-refractivity contribution in [3.8, 4) is 0 Å². The molecule has 1 aliphatic rings. The van der Waals surface area contributed by atoms with E-state index in [0.717, 1.165) is 42.9 Å². The molecule has 1 atom stereocenters. The van der Waals surface area contributed by atoms with Gasteiger partial charge in [0.1, 0.15) is 0 Å². The number of carbonyl (C=O) groups excluding carboxylic acids is 2. The maximum absolute atomic E-state index is 13.1. The van der Waals surface area contributed by atoms with Crippen molar-refractivity contribution in [2.24, 2.45) is 5.92 Å². The minimum Gasteiger partial charge on any atom is -0.345 e. The summed E-state index contributed by atoms with van der Waals surface area (Å²) in [4.78, 5) is 32.2. The molecule has 0 radical (unpaired) electrons. The summed E-state index contributed by atoms with van der Waals surface area (Å²) in [6, 6.07) is 13.7. The molecule has 0 bridgehead atoms. The van der Waals surface area contributed by atoms with Crippen molar-refractivity contribution in [1.82, 2.24) is 15.2 Å². The van der Waals surface area contributed by atoms with Crippen LogP contribution in [0.15, 0.2) is 42.5 Å². The van der Waals surface area contributed by atoms with E-state index in [4.69, 9.17) is 4.98 Å². The highest BCUT2D eigenvalue weighted by atomic mass is 16.2. The fraction of sp³-hybridized carbons (Fsp3) is 0.480. The summed E-state index contributed by atoms with van der Waals surface area (Å²) in [5.41, 5.74) is 3.50. The molecule has 1 saturated heterocycles. The van der Waals surface area contributed by atoms with E-state index in [1.165, 1.54) is 0 Å². The van der Waals surface area contributed by atoms with Crippen LogP contribution in [0.2, 0.25) is 0 Å². The van der Waals surface area contributed by atoms with E-state index in [1.54, 1.807) is 0 Å². The van der Waals surface area contributed by atoms with Gasteiger partial charge in [-0.3, -0.25) is 14.6 Å². The van der Waals surface area contributed by atoms with Gasteiger partial charge in [0, 0.05) is 31.1 Å². The van der Waals surface area contributed by atoms with Crippen molar-refractivity contribution < 1.29 is 9.59 Å². The molecule has 2 amide bonds. The first-order chi connectivity index (χ1) is 14.3. The molecule has 2 aromatic rings. The van der Waals surface area contributed by atoms with Crippen LogP contribution in [0.25, 0.3) is 0 Å². The Morgan fingerprint density at radius 1 is 1.07 bits per heavy atom. The molecule has 0 spiro atoms. The Bertz CT molecular complexity index is 871. The molecular formula is C25H33N3O2. The van der Waals surface area contributed by atoms with E-state index in [2.05, 4.69) is 19.2 Å². The van der Waals surface area contributed by atoms with Gasteiger partial charge in [-0.2, -0.15) is 0 Å². The average molecular weight is 408 g/mol. The number of aromatic nitrogens is 1. The molecule has 0 saturated carbocycles. The van der Waals surface area contributed by atoms with Crippen molar-refractivity contribution in [1.29, 1.82) is 0 Å². The number of benzene rings is 1. The fourth-order valence-electron chi connectivity index (χ4n) is 4.06. The van der Waals surface area contributed by atoms with Crippen LogP contribution < -0.4 is 5.32 Å². The summed E-state index contributed by atoms with van der Waals surface area (Å²) in [5, 5.41) is 3.12. The number of likely N-dealkylation sites (tertiary alicyclic amines) is 1. The van der Waals surface area contributed by atoms with Gasteiger partial charge < -0.3 is 10.2 Å². The minimum atomic E-state index is -0.0906. The van der Waals surface area contributed by atoms with Crippen LogP contribution >= 0.6 is 0 Å². The van der Waals surface area contributed by atoms with Crippen molar-refractivity contribution >= 4 is 11.8 Å². The van der Waals surface area contributed by atoms with Crippen LogP contribution in [0.1, 0.15) is 79.3 Å². The second kappa shape index (κ2) is 9.88. The quantitative estimate of drug-likeness (QED) is 0.759. The molecule has 5 nitrogen and oxygen atoms in total. The van der Waals surface area contributed by atoms with Crippen molar-refractivity contribution in [2.75, 3.05) is 13.1 Å². The Morgan fingerprint density at radius 2 is 1.73 bits per heavy atom. The van der Waals surface area contributed by atoms with Crippen LogP contribution in [-0.2, 0) is 4.79 Å². The molecule has 1 fully saturated rings. The second-order valence-corrected chi connectivity index (χ2v) is 8.74. The number of nitrogens with zero attached hydrogens (tertiary/aromatic N) is 2. The van der Waals surface area contributed by atoms with E-state index in [1.807, 2.05) is 61.2 Å². The van der Waals surface area contributed by atoms with Crippen LogP contribution in [0.4, 0.5) is 0 Å². The van der Waals surface area contributed by atoms with Gasteiger partial charge in [0.2, 0.25) is 5.91 Å². The molecule has 1 aliphatic heterocycles. The summed E-state index contributed by atoms with van der Waals surface area (Å²) in [6.45, 7) is 9.55. The lowest BCUT2D eigenvalue weighted by atomic mass is 9.89. The third kappa shape index (κ3) is 5.47. The van der Waals surface area contributed by atoms with Crippen molar-refractivity contribution in [3.63, 3.8) is 0 Å². The lowest BCUT2D eigenvalue weighted by Crippen LogP contribution is -2.39. The van der Waals surface area contributed by atoms with Gasteiger partial charge in [0.05, 0.1) is 17.3 Å². The number of nitrogens with one attached hydrogen (secondary N) is 1. The molecule has 2 heterocycles. The number of hydrogen-bond acceptors (Lipinski definition) is 3. The summed E-state index contributed by atoms with van der Waals surface area (Å²) >= 11 is 0. The van der Waals surface area contributed by atoms with Gasteiger partial charge in [0.25, 0.3) is 5.91 Å². The smallest absolute Gasteiger partial charge is 0.253 e. The summed E-state index contributed by atoms with van der Waals surface area (Å²) in [7, 11) is 0. The molecule has 0 aliphatic carbocycles. The van der Waals surface area contributed by atoms with Gasteiger partial charge >= 0.3 is 0 Å². The van der Waals surface area contributed by atoms with Crippen molar-refractivity contribution in [2.45, 2.75) is 58.9 Å². The zero-order chi connectivity index (χ0) is 21.7. The molecule has 1 aromatic heterocycles. The van der Waals surface area contributed by atoms with Crippen LogP contribution in [0.5, 0.6) is 0 Å². The Hall–Kier alpha value is -2.69. The SMILES string of the molecule is Cc1ccc(C(=O)NC(C)c2ccccc2)c(C2CCN(C(=O)CC(C)C)CC2)n1. The number of carbonyl (C=O) groups is 2. The molecule has 30 heavy (non-hydrogen) atoms. The summed E-state index contributed by atoms with van der Waals surface area (Å²) < 4.78 is 0.